The van der Waals surface area contributed by atoms with Gasteiger partial charge in [0.1, 0.15) is 19.8 Å². The molecule has 1 unspecified atom stereocenters. The third-order valence-electron chi connectivity index (χ3n) is 11.5. The lowest BCUT2D eigenvalue weighted by molar-refractivity contribution is -0.870. The van der Waals surface area contributed by atoms with Crippen LogP contribution in [0.4, 0.5) is 0 Å². The van der Waals surface area contributed by atoms with Gasteiger partial charge in [0.25, 0.3) is 7.82 Å². The van der Waals surface area contributed by atoms with Gasteiger partial charge in [-0.3, -0.25) is 14.2 Å². The minimum atomic E-state index is -4.64. The number of rotatable bonds is 48. The van der Waals surface area contributed by atoms with E-state index in [0.717, 1.165) is 44.9 Å². The normalized spacial score (nSPS) is 13.6. The summed E-state index contributed by atoms with van der Waals surface area (Å²) in [5.41, 5.74) is 0. The molecular weight excluding hydrogens is 798 g/mol. The summed E-state index contributed by atoms with van der Waals surface area (Å²) in [4.78, 5) is 37.7. The van der Waals surface area contributed by atoms with Crippen LogP contribution in [0.1, 0.15) is 245 Å². The molecule has 0 bridgehead atoms. The maximum absolute atomic E-state index is 12.7. The van der Waals surface area contributed by atoms with Crippen molar-refractivity contribution in [2.75, 3.05) is 47.5 Å². The number of carbonyl (C=O) groups is 2. The van der Waals surface area contributed by atoms with Crippen molar-refractivity contribution in [3.8, 4) is 0 Å². The Morgan fingerprint density at radius 1 is 0.484 bits per heavy atom. The average molecular weight is 898 g/mol. The number of phosphoric acid groups is 1. The lowest BCUT2D eigenvalue weighted by Crippen LogP contribution is -2.37. The number of carbonyl (C=O) groups excluding carboxylic acids is 2. The third-order valence-corrected chi connectivity index (χ3v) is 12.4. The van der Waals surface area contributed by atoms with Crippen LogP contribution in [0.3, 0.4) is 0 Å². The molecule has 0 aromatic heterocycles. The largest absolute Gasteiger partial charge is 0.756 e. The minimum absolute atomic E-state index is 0.0354. The molecule has 2 atom stereocenters. The number of quaternary nitrogens is 1. The fourth-order valence-corrected chi connectivity index (χ4v) is 8.11. The fourth-order valence-electron chi connectivity index (χ4n) is 7.38. The lowest BCUT2D eigenvalue weighted by Gasteiger charge is -2.28. The highest BCUT2D eigenvalue weighted by molar-refractivity contribution is 7.45. The van der Waals surface area contributed by atoms with Crippen LogP contribution in [-0.2, 0) is 32.7 Å². The van der Waals surface area contributed by atoms with Gasteiger partial charge in [-0.2, -0.15) is 0 Å². The number of esters is 2. The Bertz CT molecular complexity index is 1110. The van der Waals surface area contributed by atoms with E-state index in [-0.39, 0.29) is 32.0 Å². The quantitative estimate of drug-likeness (QED) is 0.0195. The van der Waals surface area contributed by atoms with Crippen molar-refractivity contribution >= 4 is 19.8 Å². The van der Waals surface area contributed by atoms with E-state index in [1.54, 1.807) is 0 Å². The number of likely N-dealkylation sites (N-methyl/N-ethyl adjacent to an activating group) is 1. The van der Waals surface area contributed by atoms with Crippen LogP contribution in [0.5, 0.6) is 0 Å². The highest BCUT2D eigenvalue weighted by atomic mass is 31.2. The van der Waals surface area contributed by atoms with Crippen LogP contribution in [0, 0.1) is 0 Å². The number of unbranched alkanes of at least 4 members (excludes halogenated alkanes) is 30. The Morgan fingerprint density at radius 2 is 0.855 bits per heavy atom. The highest BCUT2D eigenvalue weighted by Crippen LogP contribution is 2.38. The predicted molar refractivity (Wildman–Crippen MR) is 259 cm³/mol. The Labute approximate surface area is 383 Å². The number of nitrogens with zero attached hydrogens (tertiary/aromatic N) is 1. The van der Waals surface area contributed by atoms with Crippen molar-refractivity contribution in [2.45, 2.75) is 251 Å². The zero-order valence-corrected chi connectivity index (χ0v) is 42.2. The van der Waals surface area contributed by atoms with Gasteiger partial charge in [-0.25, -0.2) is 0 Å². The van der Waals surface area contributed by atoms with Gasteiger partial charge in [0, 0.05) is 12.8 Å². The molecule has 0 aromatic rings. The molecule has 0 N–H and O–H groups in total. The molecule has 0 amide bonds. The van der Waals surface area contributed by atoms with Crippen molar-refractivity contribution in [1.82, 2.24) is 0 Å². The Balaban J connectivity index is 4.26. The predicted octanol–water partition coefficient (Wildman–Crippen LogP) is 14.8. The molecule has 0 aromatic carbocycles. The van der Waals surface area contributed by atoms with Crippen molar-refractivity contribution < 1.29 is 42.1 Å². The highest BCUT2D eigenvalue weighted by Gasteiger charge is 2.21. The molecule has 0 aliphatic carbocycles. The Kier molecular flexibility index (Phi) is 43.6. The van der Waals surface area contributed by atoms with Gasteiger partial charge >= 0.3 is 11.9 Å². The van der Waals surface area contributed by atoms with Crippen molar-refractivity contribution in [3.63, 3.8) is 0 Å². The first-order valence-corrected chi connectivity index (χ1v) is 27.5. The molecule has 0 heterocycles. The van der Waals surface area contributed by atoms with Gasteiger partial charge in [-0.05, 0) is 44.9 Å². The van der Waals surface area contributed by atoms with Gasteiger partial charge < -0.3 is 27.9 Å². The molecule has 0 fully saturated rings. The van der Waals surface area contributed by atoms with Crippen molar-refractivity contribution in [2.24, 2.45) is 0 Å². The van der Waals surface area contributed by atoms with Gasteiger partial charge in [0.05, 0.1) is 27.7 Å². The summed E-state index contributed by atoms with van der Waals surface area (Å²) in [7, 11) is 1.15. The molecule has 366 valence electrons. The number of phosphoric ester groups is 1. The summed E-state index contributed by atoms with van der Waals surface area (Å²) < 4.78 is 34.0. The van der Waals surface area contributed by atoms with Crippen LogP contribution in [-0.4, -0.2) is 70.0 Å². The zero-order chi connectivity index (χ0) is 45.7. The fraction of sp³-hybridized carbons (Fsp3) is 0.885. The first-order chi connectivity index (χ1) is 30.0. The lowest BCUT2D eigenvalue weighted by atomic mass is 10.0. The number of hydrogen-bond acceptors (Lipinski definition) is 8. The molecule has 62 heavy (non-hydrogen) atoms. The summed E-state index contributed by atoms with van der Waals surface area (Å²) in [6.45, 7) is 4.23. The van der Waals surface area contributed by atoms with Crippen molar-refractivity contribution in [3.05, 3.63) is 24.3 Å². The molecule has 0 saturated carbocycles. The number of allylic oxidation sites excluding steroid dienone is 4. The molecule has 0 saturated heterocycles. The minimum Gasteiger partial charge on any atom is -0.756 e. The molecule has 9 nitrogen and oxygen atoms in total. The third kappa shape index (κ3) is 48.0. The van der Waals surface area contributed by atoms with Crippen LogP contribution in [0.15, 0.2) is 24.3 Å². The maximum Gasteiger partial charge on any atom is 0.306 e. The second-order valence-corrected chi connectivity index (χ2v) is 20.3. The van der Waals surface area contributed by atoms with E-state index in [2.05, 4.69) is 38.2 Å². The van der Waals surface area contributed by atoms with Crippen LogP contribution in [0.25, 0.3) is 0 Å². The molecular formula is C52H100NO8P. The first-order valence-electron chi connectivity index (χ1n) is 26.0. The second-order valence-electron chi connectivity index (χ2n) is 18.9. The molecule has 0 aliphatic rings. The monoisotopic (exact) mass is 898 g/mol. The van der Waals surface area contributed by atoms with E-state index in [1.165, 1.54) is 167 Å². The Hall–Kier alpha value is -1.51. The molecule has 0 aliphatic heterocycles. The summed E-state index contributed by atoms with van der Waals surface area (Å²) >= 11 is 0. The summed E-state index contributed by atoms with van der Waals surface area (Å²) in [5, 5.41) is 0. The number of ether oxygens (including phenoxy) is 2. The molecule has 10 heteroatoms. The smallest absolute Gasteiger partial charge is 0.306 e. The van der Waals surface area contributed by atoms with Crippen LogP contribution < -0.4 is 4.89 Å². The van der Waals surface area contributed by atoms with E-state index >= 15 is 0 Å². The van der Waals surface area contributed by atoms with Gasteiger partial charge in [0.2, 0.25) is 0 Å². The zero-order valence-electron chi connectivity index (χ0n) is 41.3. The SMILES string of the molecule is CCCCCCCCCCCCCCCC/C=C/CC/C=C/CCCC(=O)O[C@H](COC(=O)CCCCCCCCCCCCCCCCC)COP(=O)([O-])OCC[N+](C)(C)C. The van der Waals surface area contributed by atoms with E-state index in [9.17, 15) is 19.0 Å². The topological polar surface area (TPSA) is 111 Å². The van der Waals surface area contributed by atoms with E-state index in [0.29, 0.717) is 17.4 Å². The summed E-state index contributed by atoms with van der Waals surface area (Å²) in [5.74, 6) is -0.872. The maximum atomic E-state index is 12.7. The van der Waals surface area contributed by atoms with E-state index in [4.69, 9.17) is 18.5 Å². The van der Waals surface area contributed by atoms with E-state index in [1.807, 2.05) is 21.1 Å². The summed E-state index contributed by atoms with van der Waals surface area (Å²) in [6, 6.07) is 0. The van der Waals surface area contributed by atoms with Gasteiger partial charge in [0.15, 0.2) is 6.10 Å². The summed E-state index contributed by atoms with van der Waals surface area (Å²) in [6.07, 6.45) is 50.8. The van der Waals surface area contributed by atoms with Crippen molar-refractivity contribution in [1.29, 1.82) is 0 Å². The average Bonchev–Trinajstić information content (AvgIpc) is 3.23. The molecule has 0 spiro atoms. The Morgan fingerprint density at radius 3 is 1.29 bits per heavy atom. The van der Waals surface area contributed by atoms with Gasteiger partial charge in [-0.1, -0.05) is 212 Å². The van der Waals surface area contributed by atoms with Crippen LogP contribution >= 0.6 is 7.82 Å². The molecule has 0 radical (unpaired) electrons. The molecule has 0 rings (SSSR count). The standard InChI is InChI=1S/C52H100NO8P/c1-6-8-10-12-14-16-18-20-22-23-24-25-26-27-28-29-31-33-35-37-39-41-43-45-52(55)61-50(49-60-62(56,57)59-47-46-53(3,4)5)48-58-51(54)44-42-40-38-36-34-32-30-21-19-17-15-13-11-9-7-2/h29,31,37,39,50H,6-28,30,32-36,38,40-49H2,1-5H3/b31-29+,39-37+/t50-/m1/s1. The van der Waals surface area contributed by atoms with Gasteiger partial charge in [-0.15, -0.1) is 0 Å². The van der Waals surface area contributed by atoms with E-state index < -0.39 is 26.5 Å². The number of hydrogen-bond donors (Lipinski definition) is 0. The first kappa shape index (κ1) is 60.5. The van der Waals surface area contributed by atoms with Crippen LogP contribution in [0.2, 0.25) is 0 Å². The second kappa shape index (κ2) is 44.7.